The molecule has 0 aliphatic carbocycles. The van der Waals surface area contributed by atoms with Gasteiger partial charge in [-0.25, -0.2) is 4.98 Å². The van der Waals surface area contributed by atoms with E-state index in [2.05, 4.69) is 20.5 Å². The van der Waals surface area contributed by atoms with Crippen LogP contribution >= 0.6 is 11.6 Å². The highest BCUT2D eigenvalue weighted by molar-refractivity contribution is 6.30. The second-order valence-electron chi connectivity index (χ2n) is 4.62. The van der Waals surface area contributed by atoms with Gasteiger partial charge in [-0.15, -0.1) is 0 Å². The Hall–Kier alpha value is -3.17. The van der Waals surface area contributed by atoms with Gasteiger partial charge in [0.2, 0.25) is 5.71 Å². The number of anilines is 1. The zero-order valence-electron chi connectivity index (χ0n) is 11.7. The zero-order chi connectivity index (χ0) is 16.2. The normalized spacial score (nSPS) is 11.2. The second-order valence-corrected chi connectivity index (χ2v) is 5.06. The van der Waals surface area contributed by atoms with Gasteiger partial charge in [0.05, 0.1) is 16.6 Å². The van der Waals surface area contributed by atoms with Crippen LogP contribution in [-0.2, 0) is 0 Å². The summed E-state index contributed by atoms with van der Waals surface area (Å²) in [6, 6.07) is 15.6. The smallest absolute Gasteiger partial charge is 0.259 e. The molecular formula is C16H10ClN5O. The minimum Gasteiger partial charge on any atom is -0.304 e. The molecule has 0 unspecified atom stereocenters. The first kappa shape index (κ1) is 14.8. The highest BCUT2D eigenvalue weighted by atomic mass is 35.5. The summed E-state index contributed by atoms with van der Waals surface area (Å²) in [5.74, 6) is 0.109. The number of nitrogens with zero attached hydrogens (tertiary/aromatic N) is 3. The number of H-pyrrole nitrogens is 1. The average Bonchev–Trinajstić information content (AvgIpc) is 2.57. The van der Waals surface area contributed by atoms with Crippen LogP contribution in [-0.4, -0.2) is 15.7 Å². The van der Waals surface area contributed by atoms with Crippen molar-refractivity contribution in [2.75, 3.05) is 5.43 Å². The number of aromatic amines is 1. The van der Waals surface area contributed by atoms with Crippen LogP contribution in [0, 0.1) is 11.3 Å². The van der Waals surface area contributed by atoms with Gasteiger partial charge in [-0.1, -0.05) is 23.7 Å². The van der Waals surface area contributed by atoms with E-state index < -0.39 is 0 Å². The molecule has 0 amide bonds. The molecule has 3 aromatic rings. The van der Waals surface area contributed by atoms with Crippen molar-refractivity contribution in [1.82, 2.24) is 9.97 Å². The topological polar surface area (TPSA) is 93.9 Å². The zero-order valence-corrected chi connectivity index (χ0v) is 12.5. The second kappa shape index (κ2) is 6.30. The summed E-state index contributed by atoms with van der Waals surface area (Å²) < 4.78 is 0. The summed E-state index contributed by atoms with van der Waals surface area (Å²) in [5, 5.41) is 14.3. The first-order chi connectivity index (χ1) is 11.2. The van der Waals surface area contributed by atoms with Crippen molar-refractivity contribution in [3.63, 3.8) is 0 Å². The number of para-hydroxylation sites is 1. The van der Waals surface area contributed by atoms with E-state index in [0.717, 1.165) is 0 Å². The van der Waals surface area contributed by atoms with Crippen molar-refractivity contribution < 1.29 is 0 Å². The SMILES string of the molecule is N#CC(=NNc1ccc(Cl)cc1)c1nc2ccccc2c(=O)[nH]1. The molecular weight excluding hydrogens is 314 g/mol. The lowest BCUT2D eigenvalue weighted by Crippen LogP contribution is -2.16. The van der Waals surface area contributed by atoms with Crippen LogP contribution in [0.2, 0.25) is 5.02 Å². The molecule has 0 aliphatic heterocycles. The summed E-state index contributed by atoms with van der Waals surface area (Å²) in [6.07, 6.45) is 0. The molecule has 7 heteroatoms. The van der Waals surface area contributed by atoms with Crippen molar-refractivity contribution in [2.45, 2.75) is 0 Å². The van der Waals surface area contributed by atoms with Crippen LogP contribution in [0.25, 0.3) is 10.9 Å². The van der Waals surface area contributed by atoms with E-state index >= 15 is 0 Å². The van der Waals surface area contributed by atoms with Gasteiger partial charge in [-0.05, 0) is 36.4 Å². The molecule has 1 heterocycles. The van der Waals surface area contributed by atoms with Crippen molar-refractivity contribution in [1.29, 1.82) is 5.26 Å². The molecule has 0 radical (unpaired) electrons. The maximum absolute atomic E-state index is 12.0. The predicted molar refractivity (Wildman–Crippen MR) is 89.6 cm³/mol. The molecule has 1 aromatic heterocycles. The van der Waals surface area contributed by atoms with E-state index in [1.807, 2.05) is 6.07 Å². The number of rotatable bonds is 3. The molecule has 0 bridgehead atoms. The summed E-state index contributed by atoms with van der Waals surface area (Å²) >= 11 is 5.80. The van der Waals surface area contributed by atoms with Gasteiger partial charge in [0, 0.05) is 5.02 Å². The van der Waals surface area contributed by atoms with E-state index in [-0.39, 0.29) is 17.1 Å². The van der Waals surface area contributed by atoms with E-state index in [9.17, 15) is 10.1 Å². The van der Waals surface area contributed by atoms with Crippen molar-refractivity contribution in [3.05, 3.63) is 69.7 Å². The Labute approximate surface area is 136 Å². The molecule has 3 rings (SSSR count). The summed E-state index contributed by atoms with van der Waals surface area (Å²) in [4.78, 5) is 18.9. The molecule has 0 saturated heterocycles. The fraction of sp³-hybridized carbons (Fsp3) is 0. The molecule has 2 N–H and O–H groups in total. The summed E-state index contributed by atoms with van der Waals surface area (Å²) in [5.41, 5.74) is 3.55. The van der Waals surface area contributed by atoms with Crippen LogP contribution in [0.5, 0.6) is 0 Å². The Kier molecular flexibility index (Phi) is 4.04. The molecule has 2 aromatic carbocycles. The Morgan fingerprint density at radius 1 is 1.22 bits per heavy atom. The number of hydrogen-bond acceptors (Lipinski definition) is 5. The first-order valence-corrected chi connectivity index (χ1v) is 7.04. The van der Waals surface area contributed by atoms with E-state index in [1.54, 1.807) is 48.5 Å². The van der Waals surface area contributed by atoms with Crippen molar-refractivity contribution in [3.8, 4) is 6.07 Å². The van der Waals surface area contributed by atoms with Gasteiger partial charge in [-0.3, -0.25) is 10.2 Å². The molecule has 23 heavy (non-hydrogen) atoms. The Bertz CT molecular complexity index is 986. The van der Waals surface area contributed by atoms with Crippen LogP contribution < -0.4 is 11.0 Å². The molecule has 6 nitrogen and oxygen atoms in total. The van der Waals surface area contributed by atoms with E-state index in [1.165, 1.54) is 0 Å². The van der Waals surface area contributed by atoms with E-state index in [0.29, 0.717) is 21.6 Å². The minimum absolute atomic E-state index is 0.0252. The molecule has 112 valence electrons. The number of hydrogen-bond donors (Lipinski definition) is 2. The standard InChI is InChI=1S/C16H10ClN5O/c17-10-5-7-11(8-6-10)21-22-14(9-18)15-19-13-4-2-1-3-12(13)16(23)20-15/h1-8,21H,(H,19,20,23). The molecule has 0 atom stereocenters. The lowest BCUT2D eigenvalue weighted by atomic mass is 10.2. The average molecular weight is 324 g/mol. The Balaban J connectivity index is 1.97. The quantitative estimate of drug-likeness (QED) is 0.572. The van der Waals surface area contributed by atoms with Crippen LogP contribution in [0.15, 0.2) is 58.4 Å². The van der Waals surface area contributed by atoms with E-state index in [4.69, 9.17) is 11.6 Å². The van der Waals surface area contributed by atoms with Gasteiger partial charge in [0.15, 0.2) is 5.82 Å². The fourth-order valence-corrected chi connectivity index (χ4v) is 2.10. The third kappa shape index (κ3) is 3.20. The number of benzene rings is 2. The van der Waals surface area contributed by atoms with Crippen molar-refractivity contribution in [2.24, 2.45) is 5.10 Å². The predicted octanol–water partition coefficient (Wildman–Crippen LogP) is 2.92. The highest BCUT2D eigenvalue weighted by Gasteiger charge is 2.09. The minimum atomic E-state index is -0.319. The highest BCUT2D eigenvalue weighted by Crippen LogP contribution is 2.13. The molecule has 0 spiro atoms. The summed E-state index contributed by atoms with van der Waals surface area (Å²) in [6.45, 7) is 0. The number of hydrazone groups is 1. The Morgan fingerprint density at radius 2 is 1.96 bits per heavy atom. The summed E-state index contributed by atoms with van der Waals surface area (Å²) in [7, 11) is 0. The third-order valence-electron chi connectivity index (χ3n) is 3.08. The monoisotopic (exact) mass is 323 g/mol. The number of nitriles is 1. The largest absolute Gasteiger partial charge is 0.304 e. The number of nitrogens with one attached hydrogen (secondary N) is 2. The van der Waals surface area contributed by atoms with Gasteiger partial charge in [0.25, 0.3) is 5.56 Å². The molecule has 0 saturated carbocycles. The lowest BCUT2D eigenvalue weighted by molar-refractivity contribution is 1.13. The van der Waals surface area contributed by atoms with Gasteiger partial charge in [-0.2, -0.15) is 10.4 Å². The van der Waals surface area contributed by atoms with Gasteiger partial charge >= 0.3 is 0 Å². The maximum Gasteiger partial charge on any atom is 0.259 e. The maximum atomic E-state index is 12.0. The van der Waals surface area contributed by atoms with Gasteiger partial charge in [0.1, 0.15) is 6.07 Å². The number of fused-ring (bicyclic) bond motifs is 1. The lowest BCUT2D eigenvalue weighted by Gasteiger charge is -2.03. The number of aromatic nitrogens is 2. The third-order valence-corrected chi connectivity index (χ3v) is 3.34. The fourth-order valence-electron chi connectivity index (χ4n) is 1.97. The van der Waals surface area contributed by atoms with Crippen LogP contribution in [0.4, 0.5) is 5.69 Å². The van der Waals surface area contributed by atoms with Crippen LogP contribution in [0.3, 0.4) is 0 Å². The molecule has 0 aliphatic rings. The van der Waals surface area contributed by atoms with Crippen molar-refractivity contribution >= 4 is 33.9 Å². The van der Waals surface area contributed by atoms with Crippen LogP contribution in [0.1, 0.15) is 5.82 Å². The first-order valence-electron chi connectivity index (χ1n) is 6.66. The molecule has 0 fully saturated rings. The van der Waals surface area contributed by atoms with Gasteiger partial charge < -0.3 is 4.98 Å². The Morgan fingerprint density at radius 3 is 2.70 bits per heavy atom. The number of halogens is 1.